The Kier molecular flexibility index (Phi) is 6.67. The van der Waals surface area contributed by atoms with Crippen molar-refractivity contribution in [1.29, 1.82) is 0 Å². The van der Waals surface area contributed by atoms with Crippen molar-refractivity contribution in [3.63, 3.8) is 0 Å². The van der Waals surface area contributed by atoms with Crippen molar-refractivity contribution >= 4 is 0 Å². The predicted molar refractivity (Wildman–Crippen MR) is 70.1 cm³/mol. The Morgan fingerprint density at radius 2 is 1.94 bits per heavy atom. The second-order valence-corrected chi connectivity index (χ2v) is 4.48. The lowest BCUT2D eigenvalue weighted by Crippen LogP contribution is -2.08. The molecule has 0 saturated carbocycles. The first-order valence-electron chi connectivity index (χ1n) is 6.22. The maximum absolute atomic E-state index is 5.68. The van der Waals surface area contributed by atoms with Gasteiger partial charge in [-0.15, -0.1) is 0 Å². The van der Waals surface area contributed by atoms with Gasteiger partial charge in [0.25, 0.3) is 0 Å². The maximum atomic E-state index is 5.68. The fraction of sp³-hybridized carbons (Fsp3) is 0.571. The summed E-state index contributed by atoms with van der Waals surface area (Å²) in [5.41, 5.74) is 6.68. The molecule has 0 aliphatic rings. The summed E-state index contributed by atoms with van der Waals surface area (Å²) < 4.78 is 11.2. The van der Waals surface area contributed by atoms with Crippen molar-refractivity contribution in [2.24, 2.45) is 11.7 Å². The monoisotopic (exact) mass is 237 g/mol. The molecule has 0 aliphatic carbocycles. The van der Waals surface area contributed by atoms with Crippen LogP contribution in [0.1, 0.15) is 25.8 Å². The average molecular weight is 237 g/mol. The molecule has 0 saturated heterocycles. The van der Waals surface area contributed by atoms with Gasteiger partial charge in [-0.2, -0.15) is 0 Å². The van der Waals surface area contributed by atoms with Crippen molar-refractivity contribution < 1.29 is 9.47 Å². The predicted octanol–water partition coefficient (Wildman–Crippen LogP) is 2.59. The summed E-state index contributed by atoms with van der Waals surface area (Å²) >= 11 is 0. The third-order valence-electron chi connectivity index (χ3n) is 2.33. The van der Waals surface area contributed by atoms with Gasteiger partial charge >= 0.3 is 0 Å². The summed E-state index contributed by atoms with van der Waals surface area (Å²) in [5, 5.41) is 0. The van der Waals surface area contributed by atoms with E-state index < -0.39 is 0 Å². The van der Waals surface area contributed by atoms with Crippen LogP contribution < -0.4 is 10.5 Å². The molecule has 0 radical (unpaired) electrons. The SMILES string of the molecule is CC(C)COCCCOc1ccccc1CN. The molecule has 0 bridgehead atoms. The van der Waals surface area contributed by atoms with E-state index in [1.54, 1.807) is 0 Å². The molecule has 17 heavy (non-hydrogen) atoms. The van der Waals surface area contributed by atoms with Crippen LogP contribution in [-0.2, 0) is 11.3 Å². The van der Waals surface area contributed by atoms with Crippen LogP contribution in [0.5, 0.6) is 5.75 Å². The van der Waals surface area contributed by atoms with Gasteiger partial charge in [0.15, 0.2) is 0 Å². The molecular weight excluding hydrogens is 214 g/mol. The van der Waals surface area contributed by atoms with Crippen LogP contribution >= 0.6 is 0 Å². The molecule has 96 valence electrons. The normalized spacial score (nSPS) is 10.8. The van der Waals surface area contributed by atoms with Gasteiger partial charge in [-0.05, 0) is 12.0 Å². The number of nitrogens with two attached hydrogens (primary N) is 1. The number of benzene rings is 1. The Bertz CT molecular complexity index is 313. The van der Waals surface area contributed by atoms with Crippen LogP contribution in [0.2, 0.25) is 0 Å². The molecule has 0 heterocycles. The van der Waals surface area contributed by atoms with Crippen LogP contribution in [0.25, 0.3) is 0 Å². The highest BCUT2D eigenvalue weighted by molar-refractivity contribution is 5.32. The van der Waals surface area contributed by atoms with E-state index in [9.17, 15) is 0 Å². The summed E-state index contributed by atoms with van der Waals surface area (Å²) in [4.78, 5) is 0. The van der Waals surface area contributed by atoms with Gasteiger partial charge < -0.3 is 15.2 Å². The zero-order valence-corrected chi connectivity index (χ0v) is 10.8. The Morgan fingerprint density at radius 3 is 2.65 bits per heavy atom. The van der Waals surface area contributed by atoms with Gasteiger partial charge in [-0.1, -0.05) is 32.0 Å². The first-order valence-corrected chi connectivity index (χ1v) is 6.22. The van der Waals surface area contributed by atoms with Crippen LogP contribution in [0.4, 0.5) is 0 Å². The van der Waals surface area contributed by atoms with Crippen molar-refractivity contribution in [2.75, 3.05) is 19.8 Å². The number of hydrogen-bond donors (Lipinski definition) is 1. The molecule has 1 aromatic carbocycles. The first kappa shape index (κ1) is 14.0. The van der Waals surface area contributed by atoms with Crippen LogP contribution in [0.3, 0.4) is 0 Å². The molecule has 1 rings (SSSR count). The largest absolute Gasteiger partial charge is 0.493 e. The molecule has 0 unspecified atom stereocenters. The number of rotatable bonds is 8. The van der Waals surface area contributed by atoms with Crippen LogP contribution in [0, 0.1) is 5.92 Å². The fourth-order valence-electron chi connectivity index (χ4n) is 1.48. The molecule has 0 aliphatic heterocycles. The van der Waals surface area contributed by atoms with E-state index >= 15 is 0 Å². The number of hydrogen-bond acceptors (Lipinski definition) is 3. The quantitative estimate of drug-likeness (QED) is 0.707. The maximum Gasteiger partial charge on any atom is 0.123 e. The second-order valence-electron chi connectivity index (χ2n) is 4.48. The summed E-state index contributed by atoms with van der Waals surface area (Å²) in [6.07, 6.45) is 0.908. The minimum atomic E-state index is 0.514. The minimum absolute atomic E-state index is 0.514. The molecule has 0 spiro atoms. The standard InChI is InChI=1S/C14H23NO2/c1-12(2)11-16-8-5-9-17-14-7-4-3-6-13(14)10-15/h3-4,6-7,12H,5,8-11,15H2,1-2H3. The van der Waals surface area contributed by atoms with Gasteiger partial charge in [-0.25, -0.2) is 0 Å². The Balaban J connectivity index is 2.17. The topological polar surface area (TPSA) is 44.5 Å². The highest BCUT2D eigenvalue weighted by Crippen LogP contribution is 2.17. The smallest absolute Gasteiger partial charge is 0.123 e. The Labute approximate surface area is 104 Å². The molecule has 1 aromatic rings. The molecule has 3 heteroatoms. The van der Waals surface area contributed by atoms with Crippen LogP contribution in [0.15, 0.2) is 24.3 Å². The van der Waals surface area contributed by atoms with E-state index in [0.29, 0.717) is 19.1 Å². The molecule has 0 amide bonds. The van der Waals surface area contributed by atoms with E-state index in [4.69, 9.17) is 15.2 Å². The summed E-state index contributed by atoms with van der Waals surface area (Å²) in [7, 11) is 0. The van der Waals surface area contributed by atoms with E-state index in [1.165, 1.54) is 0 Å². The molecule has 0 fully saturated rings. The molecule has 0 aromatic heterocycles. The minimum Gasteiger partial charge on any atom is -0.493 e. The Hall–Kier alpha value is -1.06. The van der Waals surface area contributed by atoms with Gasteiger partial charge in [-0.3, -0.25) is 0 Å². The van der Waals surface area contributed by atoms with Crippen molar-refractivity contribution in [3.05, 3.63) is 29.8 Å². The van der Waals surface area contributed by atoms with Crippen molar-refractivity contribution in [1.82, 2.24) is 0 Å². The van der Waals surface area contributed by atoms with E-state index in [1.807, 2.05) is 24.3 Å². The lowest BCUT2D eigenvalue weighted by molar-refractivity contribution is 0.0980. The van der Waals surface area contributed by atoms with E-state index in [0.717, 1.165) is 30.9 Å². The van der Waals surface area contributed by atoms with E-state index in [2.05, 4.69) is 13.8 Å². The molecule has 2 N–H and O–H groups in total. The van der Waals surface area contributed by atoms with E-state index in [-0.39, 0.29) is 0 Å². The lowest BCUT2D eigenvalue weighted by Gasteiger charge is -2.10. The van der Waals surface area contributed by atoms with Crippen molar-refractivity contribution in [3.8, 4) is 5.75 Å². The summed E-state index contributed by atoms with van der Waals surface area (Å²) in [6.45, 7) is 7.06. The molecular formula is C14H23NO2. The zero-order chi connectivity index (χ0) is 12.5. The lowest BCUT2D eigenvalue weighted by atomic mass is 10.2. The third kappa shape index (κ3) is 5.71. The highest BCUT2D eigenvalue weighted by Gasteiger charge is 2.00. The van der Waals surface area contributed by atoms with Gasteiger partial charge in [0.05, 0.1) is 6.61 Å². The zero-order valence-electron chi connectivity index (χ0n) is 10.8. The highest BCUT2D eigenvalue weighted by atomic mass is 16.5. The van der Waals surface area contributed by atoms with Crippen LogP contribution in [-0.4, -0.2) is 19.8 Å². The summed E-state index contributed by atoms with van der Waals surface area (Å²) in [5.74, 6) is 1.48. The second kappa shape index (κ2) is 8.09. The van der Waals surface area contributed by atoms with Crippen molar-refractivity contribution in [2.45, 2.75) is 26.8 Å². The third-order valence-corrected chi connectivity index (χ3v) is 2.33. The first-order chi connectivity index (χ1) is 8.24. The molecule has 3 nitrogen and oxygen atoms in total. The van der Waals surface area contributed by atoms with Gasteiger partial charge in [0.2, 0.25) is 0 Å². The van der Waals surface area contributed by atoms with Gasteiger partial charge in [0, 0.05) is 31.7 Å². The average Bonchev–Trinajstić information content (AvgIpc) is 2.33. The molecule has 0 atom stereocenters. The summed E-state index contributed by atoms with van der Waals surface area (Å²) in [6, 6.07) is 7.88. The fourth-order valence-corrected chi connectivity index (χ4v) is 1.48. The number of ether oxygens (including phenoxy) is 2. The number of para-hydroxylation sites is 1. The van der Waals surface area contributed by atoms with Gasteiger partial charge in [0.1, 0.15) is 5.75 Å². The Morgan fingerprint density at radius 1 is 1.18 bits per heavy atom.